The van der Waals surface area contributed by atoms with Crippen molar-refractivity contribution in [3.63, 3.8) is 0 Å². The Kier molecular flexibility index (Phi) is 5.26. The van der Waals surface area contributed by atoms with E-state index >= 15 is 0 Å². The normalized spacial score (nSPS) is 13.6. The summed E-state index contributed by atoms with van der Waals surface area (Å²) in [7, 11) is 0. The van der Waals surface area contributed by atoms with Crippen molar-refractivity contribution in [3.05, 3.63) is 76.7 Å². The number of benzene rings is 2. The average molecular weight is 393 g/mol. The number of para-hydroxylation sites is 1. The van der Waals surface area contributed by atoms with Gasteiger partial charge < -0.3 is 10.2 Å². The summed E-state index contributed by atoms with van der Waals surface area (Å²) in [5, 5.41) is 3.66. The predicted octanol–water partition coefficient (Wildman–Crippen LogP) is 4.74. The molecule has 0 aliphatic carbocycles. The minimum absolute atomic E-state index is 0.0864. The fourth-order valence-electron chi connectivity index (χ4n) is 3.50. The van der Waals surface area contributed by atoms with Gasteiger partial charge in [0, 0.05) is 47.0 Å². The van der Waals surface area contributed by atoms with Gasteiger partial charge in [0.2, 0.25) is 0 Å². The lowest BCUT2D eigenvalue weighted by Gasteiger charge is -2.20. The van der Waals surface area contributed by atoms with Crippen molar-refractivity contribution in [2.75, 3.05) is 18.4 Å². The van der Waals surface area contributed by atoms with Gasteiger partial charge >= 0.3 is 6.03 Å². The van der Waals surface area contributed by atoms with E-state index in [0.29, 0.717) is 24.5 Å². The second-order valence-corrected chi connectivity index (χ2v) is 7.27. The van der Waals surface area contributed by atoms with E-state index in [-0.39, 0.29) is 6.03 Å². The Bertz CT molecular complexity index is 989. The first-order valence-electron chi connectivity index (χ1n) is 9.33. The second-order valence-electron chi connectivity index (χ2n) is 6.83. The van der Waals surface area contributed by atoms with Crippen molar-refractivity contribution in [1.29, 1.82) is 0 Å². The molecule has 1 aliphatic rings. The molecular formula is C22H21ClN4O. The van der Waals surface area contributed by atoms with Gasteiger partial charge in [-0.1, -0.05) is 41.9 Å². The van der Waals surface area contributed by atoms with Crippen LogP contribution in [0.25, 0.3) is 11.3 Å². The minimum Gasteiger partial charge on any atom is -0.324 e. The van der Waals surface area contributed by atoms with Gasteiger partial charge in [-0.25, -0.2) is 14.8 Å². The van der Waals surface area contributed by atoms with Crippen LogP contribution in [0.1, 0.15) is 17.1 Å². The van der Waals surface area contributed by atoms with Gasteiger partial charge in [0.05, 0.1) is 5.69 Å². The van der Waals surface area contributed by atoms with E-state index < -0.39 is 0 Å². The zero-order valence-corrected chi connectivity index (χ0v) is 16.4. The summed E-state index contributed by atoms with van der Waals surface area (Å²) < 4.78 is 0. The molecule has 28 heavy (non-hydrogen) atoms. The Morgan fingerprint density at radius 1 is 1.00 bits per heavy atom. The van der Waals surface area contributed by atoms with Crippen LogP contribution in [0.2, 0.25) is 5.02 Å². The lowest BCUT2D eigenvalue weighted by atomic mass is 10.0. The number of anilines is 1. The molecule has 1 aromatic heterocycles. The Labute approximate surface area is 169 Å². The lowest BCUT2D eigenvalue weighted by Crippen LogP contribution is -2.36. The van der Waals surface area contributed by atoms with Crippen molar-refractivity contribution in [2.24, 2.45) is 0 Å². The third kappa shape index (κ3) is 3.99. The number of carbonyl (C=O) groups is 1. The van der Waals surface area contributed by atoms with Crippen LogP contribution < -0.4 is 5.32 Å². The number of aryl methyl sites for hydroxylation is 1. The first kappa shape index (κ1) is 18.4. The predicted molar refractivity (Wildman–Crippen MR) is 112 cm³/mol. The molecule has 2 heterocycles. The highest BCUT2D eigenvalue weighted by Crippen LogP contribution is 2.28. The number of carbonyl (C=O) groups excluding carboxylic acids is 1. The summed E-state index contributed by atoms with van der Waals surface area (Å²) in [6.07, 6.45) is 1.43. The molecule has 1 N–H and O–H groups in total. The van der Waals surface area contributed by atoms with Crippen molar-refractivity contribution >= 4 is 23.3 Å². The highest BCUT2D eigenvalue weighted by molar-refractivity contribution is 6.30. The Balaban J connectivity index is 1.57. The van der Waals surface area contributed by atoms with Crippen LogP contribution in [0, 0.1) is 6.92 Å². The molecule has 0 spiro atoms. The van der Waals surface area contributed by atoms with Crippen LogP contribution >= 0.6 is 11.6 Å². The number of hydrogen-bond donors (Lipinski definition) is 1. The molecule has 3 aromatic rings. The SMILES string of the molecule is Cc1nc2c(c(-c3ccc(Cl)cc3)n1)CCN(C(=O)Nc1ccccc1)CC2. The smallest absolute Gasteiger partial charge is 0.321 e. The van der Waals surface area contributed by atoms with Crippen LogP contribution in [0.3, 0.4) is 0 Å². The molecule has 0 atom stereocenters. The molecule has 0 unspecified atom stereocenters. The number of hydrogen-bond acceptors (Lipinski definition) is 3. The highest BCUT2D eigenvalue weighted by atomic mass is 35.5. The van der Waals surface area contributed by atoms with E-state index in [4.69, 9.17) is 16.6 Å². The van der Waals surface area contributed by atoms with Crippen molar-refractivity contribution < 1.29 is 4.79 Å². The average Bonchev–Trinajstić information content (AvgIpc) is 2.91. The topological polar surface area (TPSA) is 58.1 Å². The number of halogens is 1. The zero-order valence-electron chi connectivity index (χ0n) is 15.7. The summed E-state index contributed by atoms with van der Waals surface area (Å²) in [6, 6.07) is 17.1. The van der Waals surface area contributed by atoms with E-state index in [2.05, 4.69) is 10.3 Å². The van der Waals surface area contributed by atoms with E-state index in [1.165, 1.54) is 0 Å². The van der Waals surface area contributed by atoms with Crippen molar-refractivity contribution in [1.82, 2.24) is 14.9 Å². The van der Waals surface area contributed by atoms with Gasteiger partial charge in [0.25, 0.3) is 0 Å². The maximum atomic E-state index is 12.7. The molecule has 142 valence electrons. The molecule has 2 amide bonds. The Morgan fingerprint density at radius 2 is 1.71 bits per heavy atom. The number of nitrogens with one attached hydrogen (secondary N) is 1. The summed E-state index contributed by atoms with van der Waals surface area (Å²) in [4.78, 5) is 23.9. The number of nitrogens with zero attached hydrogens (tertiary/aromatic N) is 3. The molecule has 0 bridgehead atoms. The quantitative estimate of drug-likeness (QED) is 0.685. The van der Waals surface area contributed by atoms with Gasteiger partial charge in [-0.15, -0.1) is 0 Å². The standard InChI is InChI=1S/C22H21ClN4O/c1-15-24-20-12-14-27(22(28)26-18-5-3-2-4-6-18)13-11-19(20)21(25-15)16-7-9-17(23)10-8-16/h2-10H,11-14H2,1H3,(H,26,28). The molecular weight excluding hydrogens is 372 g/mol. The van der Waals surface area contributed by atoms with Gasteiger partial charge in [-0.05, 0) is 37.6 Å². The summed E-state index contributed by atoms with van der Waals surface area (Å²) in [6.45, 7) is 3.16. The third-order valence-corrected chi connectivity index (χ3v) is 5.14. The van der Waals surface area contributed by atoms with Gasteiger partial charge in [0.1, 0.15) is 5.82 Å². The van der Waals surface area contributed by atoms with Gasteiger partial charge in [0.15, 0.2) is 0 Å². The summed E-state index contributed by atoms with van der Waals surface area (Å²) in [5.74, 6) is 0.742. The van der Waals surface area contributed by atoms with Crippen LogP contribution in [0.15, 0.2) is 54.6 Å². The summed E-state index contributed by atoms with van der Waals surface area (Å²) >= 11 is 6.04. The van der Waals surface area contributed by atoms with Crippen LogP contribution in [-0.2, 0) is 12.8 Å². The Morgan fingerprint density at radius 3 is 2.46 bits per heavy atom. The molecule has 4 rings (SSSR count). The lowest BCUT2D eigenvalue weighted by molar-refractivity contribution is 0.214. The minimum atomic E-state index is -0.0864. The van der Waals surface area contributed by atoms with Crippen LogP contribution in [0.5, 0.6) is 0 Å². The number of rotatable bonds is 2. The maximum absolute atomic E-state index is 12.7. The van der Waals surface area contributed by atoms with Crippen LogP contribution in [-0.4, -0.2) is 34.0 Å². The molecule has 1 aliphatic heterocycles. The maximum Gasteiger partial charge on any atom is 0.321 e. The Hall–Kier alpha value is -2.92. The second kappa shape index (κ2) is 7.98. The van der Waals surface area contributed by atoms with Gasteiger partial charge in [-0.2, -0.15) is 0 Å². The highest BCUT2D eigenvalue weighted by Gasteiger charge is 2.23. The molecule has 5 nitrogen and oxygen atoms in total. The third-order valence-electron chi connectivity index (χ3n) is 4.88. The number of amides is 2. The molecule has 2 aromatic carbocycles. The van der Waals surface area contributed by atoms with E-state index in [0.717, 1.165) is 40.4 Å². The number of urea groups is 1. The first-order chi connectivity index (χ1) is 13.6. The van der Waals surface area contributed by atoms with E-state index in [1.54, 1.807) is 0 Å². The fraction of sp³-hybridized carbons (Fsp3) is 0.227. The van der Waals surface area contributed by atoms with E-state index in [9.17, 15) is 4.79 Å². The van der Waals surface area contributed by atoms with Crippen molar-refractivity contribution in [3.8, 4) is 11.3 Å². The molecule has 0 fully saturated rings. The monoisotopic (exact) mass is 392 g/mol. The molecule has 6 heteroatoms. The molecule has 0 saturated carbocycles. The van der Waals surface area contributed by atoms with Crippen LogP contribution in [0.4, 0.5) is 10.5 Å². The van der Waals surface area contributed by atoms with Crippen molar-refractivity contribution in [2.45, 2.75) is 19.8 Å². The zero-order chi connectivity index (χ0) is 19.5. The molecule has 0 saturated heterocycles. The number of fused-ring (bicyclic) bond motifs is 1. The van der Waals surface area contributed by atoms with E-state index in [1.807, 2.05) is 66.4 Å². The number of aromatic nitrogens is 2. The summed E-state index contributed by atoms with van der Waals surface area (Å²) in [5.41, 5.74) is 4.89. The fourth-order valence-corrected chi connectivity index (χ4v) is 3.62. The van der Waals surface area contributed by atoms with Gasteiger partial charge in [-0.3, -0.25) is 0 Å². The molecule has 0 radical (unpaired) electrons. The largest absolute Gasteiger partial charge is 0.324 e. The first-order valence-corrected chi connectivity index (χ1v) is 9.71.